The van der Waals surface area contributed by atoms with E-state index in [0.717, 1.165) is 29.5 Å². The molecule has 1 amide bonds. The van der Waals surface area contributed by atoms with Gasteiger partial charge in [-0.1, -0.05) is 31.2 Å². The molecule has 1 atom stereocenters. The van der Waals surface area contributed by atoms with Gasteiger partial charge in [0, 0.05) is 24.6 Å². The molecule has 0 aromatic heterocycles. The van der Waals surface area contributed by atoms with Crippen LogP contribution in [-0.4, -0.2) is 18.0 Å². The van der Waals surface area contributed by atoms with Gasteiger partial charge in [-0.15, -0.1) is 0 Å². The van der Waals surface area contributed by atoms with Crippen LogP contribution in [0.5, 0.6) is 0 Å². The van der Waals surface area contributed by atoms with Gasteiger partial charge in [-0.3, -0.25) is 4.72 Å². The van der Waals surface area contributed by atoms with Crippen molar-refractivity contribution in [2.45, 2.75) is 45.8 Å². The van der Waals surface area contributed by atoms with Gasteiger partial charge in [0.2, 0.25) is 0 Å². The second-order valence-electron chi connectivity index (χ2n) is 5.69. The van der Waals surface area contributed by atoms with Crippen LogP contribution in [0.25, 0.3) is 0 Å². The Hall–Kier alpha value is -1.53. The summed E-state index contributed by atoms with van der Waals surface area (Å²) in [6.45, 7) is 7.89. The van der Waals surface area contributed by atoms with Crippen LogP contribution in [0.4, 0.5) is 4.79 Å². The van der Waals surface area contributed by atoms with E-state index in [9.17, 15) is 9.59 Å². The van der Waals surface area contributed by atoms with Crippen molar-refractivity contribution in [1.29, 1.82) is 0 Å². The van der Waals surface area contributed by atoms with E-state index in [1.54, 1.807) is 0 Å². The van der Waals surface area contributed by atoms with Crippen molar-refractivity contribution in [3.05, 3.63) is 35.4 Å². The molecule has 6 heteroatoms. The van der Waals surface area contributed by atoms with Gasteiger partial charge < -0.3 is 9.53 Å². The van der Waals surface area contributed by atoms with Crippen molar-refractivity contribution in [2.24, 2.45) is 0 Å². The average molecular weight is 310 g/mol. The van der Waals surface area contributed by atoms with Crippen molar-refractivity contribution in [1.82, 2.24) is 9.44 Å². The van der Waals surface area contributed by atoms with Crippen molar-refractivity contribution >= 4 is 24.5 Å². The molecule has 2 N–H and O–H groups in total. The minimum Gasteiger partial charge on any atom is -0.443 e. The van der Waals surface area contributed by atoms with Crippen LogP contribution >= 0.6 is 12.1 Å². The topological polar surface area (TPSA) is 67.4 Å². The number of aldehydes is 1. The Kier molecular flexibility index (Phi) is 6.71. The summed E-state index contributed by atoms with van der Waals surface area (Å²) >= 11 is 1.08. The van der Waals surface area contributed by atoms with Gasteiger partial charge in [-0.25, -0.2) is 9.52 Å². The summed E-state index contributed by atoms with van der Waals surface area (Å²) in [4.78, 5) is 22.1. The Bertz CT molecular complexity index is 469. The van der Waals surface area contributed by atoms with Crippen LogP contribution in [0.2, 0.25) is 0 Å². The lowest BCUT2D eigenvalue weighted by molar-refractivity contribution is -0.108. The molecule has 0 heterocycles. The normalized spacial score (nSPS) is 12.6. The van der Waals surface area contributed by atoms with E-state index >= 15 is 0 Å². The van der Waals surface area contributed by atoms with Crippen molar-refractivity contribution in [2.75, 3.05) is 0 Å². The maximum atomic E-state index is 11.4. The number of hydrogen-bond acceptors (Lipinski definition) is 5. The fourth-order valence-electron chi connectivity index (χ4n) is 1.51. The zero-order valence-electron chi connectivity index (χ0n) is 12.8. The van der Waals surface area contributed by atoms with Gasteiger partial charge >= 0.3 is 6.09 Å². The minimum absolute atomic E-state index is 0.0878. The van der Waals surface area contributed by atoms with Gasteiger partial charge in [0.25, 0.3) is 0 Å². The molecule has 0 aliphatic carbocycles. The number of carbonyl (C=O) groups excluding carboxylic acids is 2. The van der Waals surface area contributed by atoms with Gasteiger partial charge in [-0.2, -0.15) is 0 Å². The Labute approximate surface area is 130 Å². The van der Waals surface area contributed by atoms with Crippen LogP contribution in [0.3, 0.4) is 0 Å². The second kappa shape index (κ2) is 8.05. The number of benzene rings is 1. The summed E-state index contributed by atoms with van der Waals surface area (Å²) < 4.78 is 10.7. The molecule has 1 unspecified atom stereocenters. The minimum atomic E-state index is -0.504. The molecular weight excluding hydrogens is 288 g/mol. The van der Waals surface area contributed by atoms with E-state index < -0.39 is 11.7 Å². The highest BCUT2D eigenvalue weighted by molar-refractivity contribution is 7.95. The van der Waals surface area contributed by atoms with Gasteiger partial charge in [0.05, 0.1) is 0 Å². The van der Waals surface area contributed by atoms with Gasteiger partial charge in [0.15, 0.2) is 0 Å². The summed E-state index contributed by atoms with van der Waals surface area (Å²) in [5, 5.41) is 0. The maximum Gasteiger partial charge on any atom is 0.418 e. The molecule has 116 valence electrons. The Balaban J connectivity index is 2.30. The SMILES string of the molecule is CC(C=O)c1ccc(CNSNC(=O)OC(C)(C)C)cc1. The number of ether oxygens (including phenoxy) is 1. The number of carbonyl (C=O) groups is 2. The summed E-state index contributed by atoms with van der Waals surface area (Å²) in [6.07, 6.45) is 0.448. The van der Waals surface area contributed by atoms with E-state index in [1.807, 2.05) is 52.0 Å². The summed E-state index contributed by atoms with van der Waals surface area (Å²) in [6, 6.07) is 7.77. The van der Waals surface area contributed by atoms with Gasteiger partial charge in [-0.05, 0) is 31.9 Å². The third-order valence-electron chi connectivity index (χ3n) is 2.59. The highest BCUT2D eigenvalue weighted by Crippen LogP contribution is 2.14. The Morgan fingerprint density at radius 2 is 1.95 bits per heavy atom. The number of nitrogens with one attached hydrogen (secondary N) is 2. The van der Waals surface area contributed by atoms with Crippen LogP contribution in [0.1, 0.15) is 44.7 Å². The second-order valence-corrected chi connectivity index (χ2v) is 6.39. The first-order chi connectivity index (χ1) is 9.81. The van der Waals surface area contributed by atoms with Crippen molar-refractivity contribution in [3.63, 3.8) is 0 Å². The molecule has 0 saturated carbocycles. The monoisotopic (exact) mass is 310 g/mol. The van der Waals surface area contributed by atoms with Crippen LogP contribution in [-0.2, 0) is 16.1 Å². The van der Waals surface area contributed by atoms with Crippen LogP contribution in [0, 0.1) is 0 Å². The van der Waals surface area contributed by atoms with E-state index in [4.69, 9.17) is 4.74 Å². The Morgan fingerprint density at radius 3 is 2.48 bits per heavy atom. The molecule has 0 saturated heterocycles. The lowest BCUT2D eigenvalue weighted by Gasteiger charge is -2.19. The lowest BCUT2D eigenvalue weighted by atomic mass is 10.0. The standard InChI is InChI=1S/C15H22N2O3S/c1-11(10-18)13-7-5-12(6-8-13)9-16-21-17-14(19)20-15(2,3)4/h5-8,10-11,16H,9H2,1-4H3,(H,17,19). The molecule has 0 aliphatic heterocycles. The zero-order chi connectivity index (χ0) is 15.9. The summed E-state index contributed by atoms with van der Waals surface area (Å²) in [5.41, 5.74) is 1.55. The molecule has 5 nitrogen and oxygen atoms in total. The molecular formula is C15H22N2O3S. The van der Waals surface area contributed by atoms with Crippen LogP contribution in [0.15, 0.2) is 24.3 Å². The maximum absolute atomic E-state index is 11.4. The average Bonchev–Trinajstić information content (AvgIpc) is 2.41. The molecule has 0 bridgehead atoms. The first-order valence-corrected chi connectivity index (χ1v) is 7.55. The molecule has 1 aromatic rings. The van der Waals surface area contributed by atoms with Crippen molar-refractivity contribution < 1.29 is 14.3 Å². The summed E-state index contributed by atoms with van der Waals surface area (Å²) in [5.74, 6) is -0.0878. The molecule has 1 rings (SSSR count). The molecule has 0 spiro atoms. The lowest BCUT2D eigenvalue weighted by Crippen LogP contribution is -2.30. The fourth-order valence-corrected chi connectivity index (χ4v) is 1.95. The summed E-state index contributed by atoms with van der Waals surface area (Å²) in [7, 11) is 0. The first-order valence-electron chi connectivity index (χ1n) is 6.73. The highest BCUT2D eigenvalue weighted by atomic mass is 32.2. The third kappa shape index (κ3) is 7.15. The third-order valence-corrected chi connectivity index (χ3v) is 3.15. The number of hydrogen-bond donors (Lipinski definition) is 2. The predicted molar refractivity (Wildman–Crippen MR) is 84.7 cm³/mol. The van der Waals surface area contributed by atoms with E-state index in [0.29, 0.717) is 6.54 Å². The predicted octanol–water partition coefficient (Wildman–Crippen LogP) is 3.17. The molecule has 0 fully saturated rings. The molecule has 0 radical (unpaired) electrons. The highest BCUT2D eigenvalue weighted by Gasteiger charge is 2.15. The smallest absolute Gasteiger partial charge is 0.418 e. The largest absolute Gasteiger partial charge is 0.443 e. The van der Waals surface area contributed by atoms with Gasteiger partial charge in [0.1, 0.15) is 11.9 Å². The number of rotatable bonds is 6. The first kappa shape index (κ1) is 17.5. The van der Waals surface area contributed by atoms with E-state index in [1.165, 1.54) is 0 Å². The van der Waals surface area contributed by atoms with Crippen molar-refractivity contribution in [3.8, 4) is 0 Å². The molecule has 21 heavy (non-hydrogen) atoms. The molecule has 1 aromatic carbocycles. The zero-order valence-corrected chi connectivity index (χ0v) is 13.6. The van der Waals surface area contributed by atoms with E-state index in [-0.39, 0.29) is 5.92 Å². The van der Waals surface area contributed by atoms with Crippen LogP contribution < -0.4 is 9.44 Å². The Morgan fingerprint density at radius 1 is 1.33 bits per heavy atom. The number of amides is 1. The molecule has 0 aliphatic rings. The quantitative estimate of drug-likeness (QED) is 0.480. The van der Waals surface area contributed by atoms with E-state index in [2.05, 4.69) is 9.44 Å². The fraction of sp³-hybridized carbons (Fsp3) is 0.467.